The molecule has 8 aromatic carbocycles. The Morgan fingerprint density at radius 3 is 1.91 bits per heavy atom. The zero-order valence-electron chi connectivity index (χ0n) is 31.4. The van der Waals surface area contributed by atoms with Crippen molar-refractivity contribution in [3.8, 4) is 44.5 Å². The Bertz CT molecular complexity index is 2690. The summed E-state index contributed by atoms with van der Waals surface area (Å²) in [5.41, 5.74) is 19.4. The van der Waals surface area contributed by atoms with Crippen LogP contribution in [0.3, 0.4) is 0 Å². The molecule has 0 bridgehead atoms. The summed E-state index contributed by atoms with van der Waals surface area (Å²) < 4.78 is 0. The van der Waals surface area contributed by atoms with Gasteiger partial charge in [0.2, 0.25) is 0 Å². The van der Waals surface area contributed by atoms with E-state index in [9.17, 15) is 0 Å². The molecule has 55 heavy (non-hydrogen) atoms. The fourth-order valence-corrected chi connectivity index (χ4v) is 10.0. The Balaban J connectivity index is 1.22. The van der Waals surface area contributed by atoms with Gasteiger partial charge in [-0.2, -0.15) is 11.8 Å². The van der Waals surface area contributed by atoms with Crippen molar-refractivity contribution in [3.63, 3.8) is 0 Å². The first-order valence-electron chi connectivity index (χ1n) is 19.6. The smallest absolute Gasteiger partial charge is 0.0543 e. The van der Waals surface area contributed by atoms with E-state index in [1.807, 2.05) is 0 Å². The first kappa shape index (κ1) is 33.7. The number of hydrogen-bond donors (Lipinski definition) is 0. The Morgan fingerprint density at radius 2 is 1.11 bits per heavy atom. The van der Waals surface area contributed by atoms with Gasteiger partial charge in [0, 0.05) is 28.1 Å². The van der Waals surface area contributed by atoms with Crippen molar-refractivity contribution in [2.75, 3.05) is 10.7 Å². The molecule has 10 rings (SSSR count). The van der Waals surface area contributed by atoms with Gasteiger partial charge >= 0.3 is 0 Å². The lowest BCUT2D eigenvalue weighted by Gasteiger charge is -2.31. The molecule has 0 aromatic heterocycles. The quantitative estimate of drug-likeness (QED) is 0.168. The van der Waals surface area contributed by atoms with Gasteiger partial charge in [-0.1, -0.05) is 147 Å². The van der Waals surface area contributed by atoms with Gasteiger partial charge in [0.15, 0.2) is 0 Å². The third-order valence-electron chi connectivity index (χ3n) is 11.9. The molecule has 0 fully saturated rings. The molecule has 0 saturated carbocycles. The molecule has 266 valence electrons. The third-order valence-corrected chi connectivity index (χ3v) is 13.0. The van der Waals surface area contributed by atoms with E-state index in [0.29, 0.717) is 0 Å². The fourth-order valence-electron chi connectivity index (χ4n) is 9.01. The molecule has 1 aliphatic heterocycles. The molecular weight excluding hydrogens is 683 g/mol. The molecule has 2 aliphatic rings. The SMILES string of the molecule is CC1(C)c2ccccc2-c2cc(-c3cccc4c3CSCCC4)c(N(c3ccc(-c4ccccc4)cc3)c3ccc4cc(-c5ccccc5)ccc4c3)cc21. The van der Waals surface area contributed by atoms with Crippen LogP contribution >= 0.6 is 11.8 Å². The van der Waals surface area contributed by atoms with Gasteiger partial charge in [-0.15, -0.1) is 0 Å². The minimum atomic E-state index is -0.136. The molecule has 0 amide bonds. The molecule has 8 aromatic rings. The molecule has 1 heterocycles. The van der Waals surface area contributed by atoms with E-state index in [2.05, 4.69) is 206 Å². The Labute approximate surface area is 329 Å². The summed E-state index contributed by atoms with van der Waals surface area (Å²) in [6.07, 6.45) is 2.36. The number of nitrogens with zero attached hydrogens (tertiary/aromatic N) is 1. The molecule has 0 spiro atoms. The van der Waals surface area contributed by atoms with E-state index in [0.717, 1.165) is 23.5 Å². The number of aryl methyl sites for hydroxylation is 1. The molecule has 1 nitrogen and oxygen atoms in total. The van der Waals surface area contributed by atoms with E-state index in [4.69, 9.17) is 0 Å². The summed E-state index contributed by atoms with van der Waals surface area (Å²) in [4.78, 5) is 2.53. The standard InChI is InChI=1S/C53H43NS/c1-53(2)50-21-10-9-19-46(50)47-33-48(45-20-11-17-39-18-12-30-55-35-49(39)45)52(34-51(47)53)54(43-27-24-38(25-28-43)36-13-5-3-6-14-36)44-29-26-41-31-40(22-23-42(41)32-44)37-15-7-4-8-16-37/h3-11,13-17,19-29,31-34H,12,18,30,35H2,1-2H3. The first-order chi connectivity index (χ1) is 27.0. The maximum absolute atomic E-state index is 2.53. The van der Waals surface area contributed by atoms with E-state index >= 15 is 0 Å². The number of benzene rings is 8. The van der Waals surface area contributed by atoms with Gasteiger partial charge in [0.25, 0.3) is 0 Å². The summed E-state index contributed by atoms with van der Waals surface area (Å²) in [6.45, 7) is 4.79. The summed E-state index contributed by atoms with van der Waals surface area (Å²) in [5, 5.41) is 2.46. The van der Waals surface area contributed by atoms with Gasteiger partial charge in [0.1, 0.15) is 0 Å². The molecule has 0 radical (unpaired) electrons. The van der Waals surface area contributed by atoms with Gasteiger partial charge < -0.3 is 4.90 Å². The lowest BCUT2D eigenvalue weighted by molar-refractivity contribution is 0.660. The molecule has 2 heteroatoms. The molecule has 0 saturated heterocycles. The van der Waals surface area contributed by atoms with E-state index in [1.165, 1.54) is 95.4 Å². The number of rotatable bonds is 6. The minimum absolute atomic E-state index is 0.136. The van der Waals surface area contributed by atoms with Gasteiger partial charge in [-0.05, 0) is 133 Å². The predicted molar refractivity (Wildman–Crippen MR) is 237 cm³/mol. The average molecular weight is 726 g/mol. The van der Waals surface area contributed by atoms with Crippen molar-refractivity contribution in [3.05, 3.63) is 198 Å². The van der Waals surface area contributed by atoms with Crippen molar-refractivity contribution in [2.24, 2.45) is 0 Å². The monoisotopic (exact) mass is 725 g/mol. The van der Waals surface area contributed by atoms with Crippen molar-refractivity contribution < 1.29 is 0 Å². The van der Waals surface area contributed by atoms with Gasteiger partial charge in [0.05, 0.1) is 5.69 Å². The normalized spacial score (nSPS) is 14.1. The highest BCUT2D eigenvalue weighted by atomic mass is 32.2. The predicted octanol–water partition coefficient (Wildman–Crippen LogP) is 14.8. The third kappa shape index (κ3) is 5.97. The summed E-state index contributed by atoms with van der Waals surface area (Å²) in [5.74, 6) is 2.24. The van der Waals surface area contributed by atoms with Crippen molar-refractivity contribution >= 4 is 39.6 Å². The van der Waals surface area contributed by atoms with Crippen LogP contribution in [0.5, 0.6) is 0 Å². The summed E-state index contributed by atoms with van der Waals surface area (Å²) in [6, 6.07) is 65.6. The molecular formula is C53H43NS. The lowest BCUT2D eigenvalue weighted by Crippen LogP contribution is -2.17. The van der Waals surface area contributed by atoms with Crippen molar-refractivity contribution in [1.29, 1.82) is 0 Å². The Hall–Kier alpha value is -5.83. The Kier molecular flexibility index (Phi) is 8.45. The second-order valence-corrected chi connectivity index (χ2v) is 16.7. The van der Waals surface area contributed by atoms with Crippen molar-refractivity contribution in [1.82, 2.24) is 0 Å². The van der Waals surface area contributed by atoms with Crippen LogP contribution in [-0.4, -0.2) is 5.75 Å². The topological polar surface area (TPSA) is 3.24 Å². The van der Waals surface area contributed by atoms with Crippen LogP contribution in [0.4, 0.5) is 17.1 Å². The lowest BCUT2D eigenvalue weighted by atomic mass is 9.81. The van der Waals surface area contributed by atoms with Crippen LogP contribution < -0.4 is 4.90 Å². The number of anilines is 3. The van der Waals surface area contributed by atoms with E-state index in [1.54, 1.807) is 0 Å². The highest BCUT2D eigenvalue weighted by molar-refractivity contribution is 7.98. The number of fused-ring (bicyclic) bond motifs is 5. The van der Waals surface area contributed by atoms with Crippen LogP contribution in [-0.2, 0) is 17.6 Å². The fraction of sp³-hybridized carbons (Fsp3) is 0.132. The van der Waals surface area contributed by atoms with E-state index < -0.39 is 0 Å². The zero-order chi connectivity index (χ0) is 36.9. The van der Waals surface area contributed by atoms with Crippen LogP contribution in [0.1, 0.15) is 42.5 Å². The molecule has 1 aliphatic carbocycles. The number of hydrogen-bond acceptors (Lipinski definition) is 2. The minimum Gasteiger partial charge on any atom is -0.310 e. The Morgan fingerprint density at radius 1 is 0.473 bits per heavy atom. The van der Waals surface area contributed by atoms with Crippen LogP contribution in [0.2, 0.25) is 0 Å². The zero-order valence-corrected chi connectivity index (χ0v) is 32.2. The largest absolute Gasteiger partial charge is 0.310 e. The average Bonchev–Trinajstić information content (AvgIpc) is 3.36. The number of thioether (sulfide) groups is 1. The van der Waals surface area contributed by atoms with Crippen LogP contribution in [0, 0.1) is 0 Å². The highest BCUT2D eigenvalue weighted by Crippen LogP contribution is 2.54. The van der Waals surface area contributed by atoms with Crippen LogP contribution in [0.15, 0.2) is 176 Å². The molecule has 0 N–H and O–H groups in total. The molecule has 0 unspecified atom stereocenters. The summed E-state index contributed by atoms with van der Waals surface area (Å²) >= 11 is 2.07. The van der Waals surface area contributed by atoms with Crippen LogP contribution in [0.25, 0.3) is 55.3 Å². The van der Waals surface area contributed by atoms with E-state index in [-0.39, 0.29) is 5.41 Å². The summed E-state index contributed by atoms with van der Waals surface area (Å²) in [7, 11) is 0. The maximum atomic E-state index is 2.53. The molecule has 0 atom stereocenters. The maximum Gasteiger partial charge on any atom is 0.0543 e. The van der Waals surface area contributed by atoms with Gasteiger partial charge in [-0.3, -0.25) is 0 Å². The highest BCUT2D eigenvalue weighted by Gasteiger charge is 2.37. The second-order valence-electron chi connectivity index (χ2n) is 15.5. The second kappa shape index (κ2) is 13.8. The first-order valence-corrected chi connectivity index (χ1v) is 20.7. The van der Waals surface area contributed by atoms with Gasteiger partial charge in [-0.25, -0.2) is 0 Å². The van der Waals surface area contributed by atoms with Crippen molar-refractivity contribution in [2.45, 2.75) is 37.9 Å².